The summed E-state index contributed by atoms with van der Waals surface area (Å²) < 4.78 is 0. The van der Waals surface area contributed by atoms with Crippen molar-refractivity contribution in [1.82, 2.24) is 0 Å². The van der Waals surface area contributed by atoms with Crippen molar-refractivity contribution < 1.29 is 0 Å². The number of fused-ring (bicyclic) bond motifs is 14. The van der Waals surface area contributed by atoms with E-state index < -0.39 is 0 Å². The van der Waals surface area contributed by atoms with Gasteiger partial charge in [-0.15, -0.1) is 0 Å². The van der Waals surface area contributed by atoms with Crippen molar-refractivity contribution in [3.8, 4) is 0 Å². The van der Waals surface area contributed by atoms with Crippen LogP contribution < -0.4 is 0 Å². The summed E-state index contributed by atoms with van der Waals surface area (Å²) in [6, 6.07) is 0. The molecule has 6 rings (SSSR count). The molecule has 19 heavy (non-hydrogen) atoms. The molecule has 0 radical (unpaired) electrons. The molecule has 4 fully saturated rings. The van der Waals surface area contributed by atoms with Crippen molar-refractivity contribution in [2.45, 2.75) is 45.4 Å². The molecule has 0 heterocycles. The van der Waals surface area contributed by atoms with E-state index in [1.54, 1.807) is 6.42 Å². The molecule has 8 atom stereocenters. The van der Waals surface area contributed by atoms with E-state index in [0.717, 1.165) is 41.4 Å². The Bertz CT molecular complexity index is 538. The van der Waals surface area contributed by atoms with E-state index in [9.17, 15) is 0 Å². The van der Waals surface area contributed by atoms with Crippen LogP contribution in [0.5, 0.6) is 0 Å². The van der Waals surface area contributed by atoms with Gasteiger partial charge in [0.05, 0.1) is 0 Å². The third kappa shape index (κ3) is 0.893. The molecular weight excluding hydrogens is 228 g/mol. The van der Waals surface area contributed by atoms with E-state index in [1.807, 2.05) is 11.1 Å². The van der Waals surface area contributed by atoms with Gasteiger partial charge in [0, 0.05) is 0 Å². The van der Waals surface area contributed by atoms with Crippen molar-refractivity contribution in [2.75, 3.05) is 0 Å². The molecule has 0 aromatic rings. The van der Waals surface area contributed by atoms with Crippen LogP contribution in [0.15, 0.2) is 23.3 Å². The number of rotatable bonds is 0. The summed E-state index contributed by atoms with van der Waals surface area (Å²) in [6.07, 6.45) is 14.1. The first-order chi connectivity index (χ1) is 9.29. The predicted octanol–water partition coefficient (Wildman–Crippen LogP) is 4.58. The van der Waals surface area contributed by atoms with Crippen LogP contribution in [0.4, 0.5) is 0 Å². The molecule has 0 aromatic carbocycles. The van der Waals surface area contributed by atoms with Crippen molar-refractivity contribution >= 4 is 0 Å². The SMILES string of the molecule is CC12CC(=C3CCC31)C1C3CC(C4C=CCCC43)C12. The topological polar surface area (TPSA) is 0 Å². The molecule has 0 amide bonds. The summed E-state index contributed by atoms with van der Waals surface area (Å²) in [6.45, 7) is 2.68. The molecule has 4 saturated carbocycles. The first-order valence-electron chi connectivity index (χ1n) is 8.67. The minimum atomic E-state index is 0.712. The van der Waals surface area contributed by atoms with Crippen LogP contribution in [0.3, 0.4) is 0 Å². The van der Waals surface area contributed by atoms with Crippen molar-refractivity contribution in [1.29, 1.82) is 0 Å². The quantitative estimate of drug-likeness (QED) is 0.437. The number of hydrogen-bond donors (Lipinski definition) is 0. The minimum absolute atomic E-state index is 0.712. The summed E-state index contributed by atoms with van der Waals surface area (Å²) in [5.41, 5.74) is 4.70. The zero-order chi connectivity index (χ0) is 12.4. The summed E-state index contributed by atoms with van der Waals surface area (Å²) in [5.74, 6) is 7.41. The highest BCUT2D eigenvalue weighted by Gasteiger charge is 2.71. The Morgan fingerprint density at radius 3 is 2.89 bits per heavy atom. The van der Waals surface area contributed by atoms with Gasteiger partial charge in [-0.1, -0.05) is 30.2 Å². The lowest BCUT2D eigenvalue weighted by Gasteiger charge is -2.52. The van der Waals surface area contributed by atoms with Crippen LogP contribution in [0, 0.1) is 46.8 Å². The van der Waals surface area contributed by atoms with Crippen LogP contribution in [0.25, 0.3) is 0 Å². The average molecular weight is 252 g/mol. The van der Waals surface area contributed by atoms with Gasteiger partial charge < -0.3 is 0 Å². The fourth-order valence-corrected chi connectivity index (χ4v) is 8.06. The van der Waals surface area contributed by atoms with Gasteiger partial charge in [0.2, 0.25) is 0 Å². The third-order valence-electron chi connectivity index (χ3n) is 8.48. The van der Waals surface area contributed by atoms with E-state index in [-0.39, 0.29) is 0 Å². The fourth-order valence-electron chi connectivity index (χ4n) is 8.06. The van der Waals surface area contributed by atoms with Gasteiger partial charge in [-0.25, -0.2) is 0 Å². The largest absolute Gasteiger partial charge is 0.0882 e. The predicted molar refractivity (Wildman–Crippen MR) is 76.4 cm³/mol. The molecule has 6 aliphatic carbocycles. The van der Waals surface area contributed by atoms with Crippen LogP contribution in [0.1, 0.15) is 45.4 Å². The molecule has 4 bridgehead atoms. The van der Waals surface area contributed by atoms with Crippen LogP contribution in [-0.2, 0) is 0 Å². The maximum absolute atomic E-state index is 2.68. The Balaban J connectivity index is 1.52. The van der Waals surface area contributed by atoms with E-state index in [2.05, 4.69) is 19.1 Å². The Kier molecular flexibility index (Phi) is 1.56. The zero-order valence-electron chi connectivity index (χ0n) is 11.9. The normalized spacial score (nSPS) is 63.1. The monoisotopic (exact) mass is 252 g/mol. The van der Waals surface area contributed by atoms with E-state index in [1.165, 1.54) is 32.1 Å². The lowest BCUT2D eigenvalue weighted by molar-refractivity contribution is 0.0181. The van der Waals surface area contributed by atoms with Crippen molar-refractivity contribution in [3.63, 3.8) is 0 Å². The van der Waals surface area contributed by atoms with Crippen LogP contribution in [-0.4, -0.2) is 0 Å². The van der Waals surface area contributed by atoms with Gasteiger partial charge in [0.25, 0.3) is 0 Å². The van der Waals surface area contributed by atoms with Crippen LogP contribution >= 0.6 is 0 Å². The van der Waals surface area contributed by atoms with Gasteiger partial charge in [-0.3, -0.25) is 0 Å². The van der Waals surface area contributed by atoms with Crippen molar-refractivity contribution in [2.24, 2.45) is 46.8 Å². The van der Waals surface area contributed by atoms with Gasteiger partial charge in [0.1, 0.15) is 0 Å². The average Bonchev–Trinajstić information content (AvgIpc) is 3.02. The maximum Gasteiger partial charge on any atom is -0.0132 e. The smallest absolute Gasteiger partial charge is 0.0132 e. The van der Waals surface area contributed by atoms with E-state index in [4.69, 9.17) is 0 Å². The van der Waals surface area contributed by atoms with E-state index >= 15 is 0 Å². The highest BCUT2D eigenvalue weighted by molar-refractivity contribution is 5.44. The minimum Gasteiger partial charge on any atom is -0.0882 e. The second-order valence-corrected chi connectivity index (χ2v) is 8.69. The van der Waals surface area contributed by atoms with E-state index in [0.29, 0.717) is 5.41 Å². The van der Waals surface area contributed by atoms with Crippen LogP contribution in [0.2, 0.25) is 0 Å². The van der Waals surface area contributed by atoms with Crippen molar-refractivity contribution in [3.05, 3.63) is 23.3 Å². The third-order valence-corrected chi connectivity index (χ3v) is 8.48. The molecule has 0 saturated heterocycles. The Labute approximate surface area is 116 Å². The standard InChI is InChI=1S/C19H24/c1-19-9-15(12-6-7-16(12)19)17-13-8-14(18(17)19)11-5-3-2-4-10(11)13/h3,5,10-11,13-14,16-18H,2,4,6-9H2,1H3. The summed E-state index contributed by atoms with van der Waals surface area (Å²) in [7, 11) is 0. The molecule has 0 N–H and O–H groups in total. The molecule has 8 unspecified atom stereocenters. The molecular formula is C19H24. The maximum atomic E-state index is 2.68. The Morgan fingerprint density at radius 2 is 2.05 bits per heavy atom. The zero-order valence-corrected chi connectivity index (χ0v) is 11.9. The summed E-state index contributed by atoms with van der Waals surface area (Å²) in [5, 5.41) is 0. The molecule has 0 nitrogen and oxygen atoms in total. The van der Waals surface area contributed by atoms with Gasteiger partial charge >= 0.3 is 0 Å². The lowest BCUT2D eigenvalue weighted by Crippen LogP contribution is -2.46. The fraction of sp³-hybridized carbons (Fsp3) is 0.789. The molecule has 0 aliphatic heterocycles. The lowest BCUT2D eigenvalue weighted by atomic mass is 9.52. The first-order valence-corrected chi connectivity index (χ1v) is 8.67. The van der Waals surface area contributed by atoms with Gasteiger partial charge in [-0.2, -0.15) is 0 Å². The number of allylic oxidation sites excluding steroid dienone is 4. The second-order valence-electron chi connectivity index (χ2n) is 8.69. The summed E-state index contributed by atoms with van der Waals surface area (Å²) in [4.78, 5) is 0. The summed E-state index contributed by atoms with van der Waals surface area (Å²) >= 11 is 0. The molecule has 0 heteroatoms. The first kappa shape index (κ1) is 10.2. The van der Waals surface area contributed by atoms with Gasteiger partial charge in [0.15, 0.2) is 0 Å². The Morgan fingerprint density at radius 1 is 1.11 bits per heavy atom. The second kappa shape index (κ2) is 2.90. The molecule has 6 aliphatic rings. The highest BCUT2D eigenvalue weighted by Crippen LogP contribution is 2.78. The molecule has 100 valence electrons. The highest BCUT2D eigenvalue weighted by atomic mass is 14.7. The molecule has 0 aromatic heterocycles. The molecule has 0 spiro atoms. The van der Waals surface area contributed by atoms with Gasteiger partial charge in [-0.05, 0) is 85.4 Å². The Hall–Kier alpha value is -0.520. The number of hydrogen-bond acceptors (Lipinski definition) is 0.